The number of aromatic hydroxyl groups is 1. The van der Waals surface area contributed by atoms with Gasteiger partial charge in [-0.05, 0) is 54.9 Å². The number of hydrogen-bond acceptors (Lipinski definition) is 4. The van der Waals surface area contributed by atoms with Crippen LogP contribution < -0.4 is 10.2 Å². The van der Waals surface area contributed by atoms with E-state index in [1.165, 1.54) is 12.0 Å². The fourth-order valence-corrected chi connectivity index (χ4v) is 4.85. The predicted octanol–water partition coefficient (Wildman–Crippen LogP) is 4.67. The number of carbonyl (C=O) groups is 1. The average Bonchev–Trinajstić information content (AvgIpc) is 3.54. The molecule has 2 aromatic carbocycles. The quantitative estimate of drug-likeness (QED) is 0.636. The molecule has 5 nitrogen and oxygen atoms in total. The number of phenols is 1. The third-order valence-electron chi connectivity index (χ3n) is 6.93. The van der Waals surface area contributed by atoms with Crippen molar-refractivity contribution in [1.29, 1.82) is 0 Å². The van der Waals surface area contributed by atoms with Crippen LogP contribution in [-0.2, 0) is 4.79 Å². The van der Waals surface area contributed by atoms with Crippen LogP contribution >= 0.6 is 0 Å². The first kappa shape index (κ1) is 19.9. The number of hydrogen-bond donors (Lipinski definition) is 2. The van der Waals surface area contributed by atoms with Crippen LogP contribution in [0.1, 0.15) is 37.8 Å². The van der Waals surface area contributed by atoms with E-state index in [1.807, 2.05) is 42.5 Å². The summed E-state index contributed by atoms with van der Waals surface area (Å²) in [7, 11) is 0. The van der Waals surface area contributed by atoms with E-state index in [0.29, 0.717) is 17.4 Å². The van der Waals surface area contributed by atoms with Crippen molar-refractivity contribution in [3.05, 3.63) is 66.2 Å². The van der Waals surface area contributed by atoms with Gasteiger partial charge in [-0.1, -0.05) is 49.4 Å². The molecule has 2 fully saturated rings. The molecule has 5 heteroatoms. The Kier molecular flexibility index (Phi) is 5.26. The minimum atomic E-state index is 0.0328. The fraction of sp³-hybridized carbons (Fsp3) is 0.385. The molecular formula is C26H29N3O2. The summed E-state index contributed by atoms with van der Waals surface area (Å²) >= 11 is 0. The number of phenolic OH excluding ortho intramolecular Hbond substituents is 1. The van der Waals surface area contributed by atoms with Gasteiger partial charge in [-0.25, -0.2) is 4.98 Å². The van der Waals surface area contributed by atoms with E-state index in [2.05, 4.69) is 34.3 Å². The second kappa shape index (κ2) is 8.22. The van der Waals surface area contributed by atoms with Gasteiger partial charge in [-0.3, -0.25) is 4.79 Å². The van der Waals surface area contributed by atoms with E-state index < -0.39 is 0 Å². The summed E-state index contributed by atoms with van der Waals surface area (Å²) in [4.78, 5) is 20.0. The van der Waals surface area contributed by atoms with Crippen LogP contribution in [0.3, 0.4) is 0 Å². The van der Waals surface area contributed by atoms with Crippen molar-refractivity contribution in [1.82, 2.24) is 10.3 Å². The molecule has 1 aliphatic carbocycles. The summed E-state index contributed by atoms with van der Waals surface area (Å²) in [5.41, 5.74) is 1.84. The molecule has 1 amide bonds. The van der Waals surface area contributed by atoms with E-state index in [-0.39, 0.29) is 23.6 Å². The highest BCUT2D eigenvalue weighted by molar-refractivity contribution is 5.85. The number of piperidine rings is 1. The Morgan fingerprint density at radius 3 is 2.52 bits per heavy atom. The molecule has 3 aromatic rings. The minimum absolute atomic E-state index is 0.0328. The Bertz CT molecular complexity index is 1080. The van der Waals surface area contributed by atoms with Crippen molar-refractivity contribution in [2.24, 2.45) is 17.8 Å². The molecule has 3 atom stereocenters. The zero-order chi connectivity index (χ0) is 21.4. The number of aromatic nitrogens is 1. The number of benzene rings is 2. The van der Waals surface area contributed by atoms with Crippen molar-refractivity contribution < 1.29 is 9.90 Å². The van der Waals surface area contributed by atoms with Crippen molar-refractivity contribution in [2.45, 2.75) is 32.2 Å². The summed E-state index contributed by atoms with van der Waals surface area (Å²) in [6.45, 7) is 3.85. The van der Waals surface area contributed by atoms with Crippen LogP contribution in [0.2, 0.25) is 0 Å². The Labute approximate surface area is 183 Å². The van der Waals surface area contributed by atoms with Crippen LogP contribution in [0.15, 0.2) is 60.7 Å². The van der Waals surface area contributed by atoms with Crippen LogP contribution in [0, 0.1) is 17.8 Å². The van der Waals surface area contributed by atoms with Crippen molar-refractivity contribution in [2.75, 3.05) is 18.0 Å². The third-order valence-corrected chi connectivity index (χ3v) is 6.93. The molecular weight excluding hydrogens is 386 g/mol. The second-order valence-electron chi connectivity index (χ2n) is 9.05. The second-order valence-corrected chi connectivity index (χ2v) is 9.05. The Hall–Kier alpha value is -3.08. The highest BCUT2D eigenvalue weighted by Crippen LogP contribution is 2.47. The number of fused-ring (bicyclic) bond motifs is 1. The summed E-state index contributed by atoms with van der Waals surface area (Å²) in [6, 6.07) is 19.9. The van der Waals surface area contributed by atoms with Crippen molar-refractivity contribution >= 4 is 22.6 Å². The van der Waals surface area contributed by atoms with Gasteiger partial charge in [-0.2, -0.15) is 0 Å². The monoisotopic (exact) mass is 415 g/mol. The van der Waals surface area contributed by atoms with Gasteiger partial charge in [0.25, 0.3) is 0 Å². The van der Waals surface area contributed by atoms with E-state index >= 15 is 0 Å². The summed E-state index contributed by atoms with van der Waals surface area (Å²) in [5, 5.41) is 14.4. The summed E-state index contributed by atoms with van der Waals surface area (Å²) in [5.74, 6) is 2.49. The lowest BCUT2D eigenvalue weighted by molar-refractivity contribution is -0.126. The zero-order valence-electron chi connectivity index (χ0n) is 17.9. The molecule has 1 saturated heterocycles. The van der Waals surface area contributed by atoms with Gasteiger partial charge in [0.15, 0.2) is 0 Å². The van der Waals surface area contributed by atoms with E-state index in [4.69, 9.17) is 0 Å². The number of anilines is 1. The van der Waals surface area contributed by atoms with Gasteiger partial charge in [0.05, 0.1) is 6.04 Å². The molecule has 2 aliphatic rings. The molecule has 1 aromatic heterocycles. The van der Waals surface area contributed by atoms with Crippen LogP contribution in [0.5, 0.6) is 5.75 Å². The first-order valence-corrected chi connectivity index (χ1v) is 11.3. The average molecular weight is 416 g/mol. The molecule has 160 valence electrons. The molecule has 1 saturated carbocycles. The van der Waals surface area contributed by atoms with E-state index in [9.17, 15) is 9.90 Å². The normalized spacial score (nSPS) is 22.3. The first-order valence-electron chi connectivity index (χ1n) is 11.3. The zero-order valence-corrected chi connectivity index (χ0v) is 17.9. The van der Waals surface area contributed by atoms with Crippen molar-refractivity contribution in [3.63, 3.8) is 0 Å². The number of rotatable bonds is 5. The van der Waals surface area contributed by atoms with Gasteiger partial charge < -0.3 is 15.3 Å². The number of pyridine rings is 1. The van der Waals surface area contributed by atoms with Gasteiger partial charge in [0.2, 0.25) is 5.91 Å². The number of nitrogens with zero attached hydrogens (tertiary/aromatic N) is 2. The molecule has 5 rings (SSSR count). The predicted molar refractivity (Wildman–Crippen MR) is 123 cm³/mol. The molecule has 0 bridgehead atoms. The molecule has 0 radical (unpaired) electrons. The topological polar surface area (TPSA) is 65.5 Å². The maximum absolute atomic E-state index is 13.1. The van der Waals surface area contributed by atoms with E-state index in [0.717, 1.165) is 37.1 Å². The minimum Gasteiger partial charge on any atom is -0.506 e. The smallest absolute Gasteiger partial charge is 0.223 e. The van der Waals surface area contributed by atoms with Crippen LogP contribution in [-0.4, -0.2) is 29.1 Å². The SMILES string of the molecule is CC1CC1C(NC(=O)C1CCN(c2ccc3cccc(O)c3n2)CC1)c1ccccc1. The standard InChI is InChI=1S/C26H29N3O2/c1-17-16-21(17)24(18-6-3-2-4-7-18)28-26(31)20-12-14-29(15-13-20)23-11-10-19-8-5-9-22(30)25(19)27-23/h2-11,17,20-21,24,30H,12-16H2,1H3,(H,28,31). The first-order chi connectivity index (χ1) is 15.1. The summed E-state index contributed by atoms with van der Waals surface area (Å²) in [6.07, 6.45) is 2.81. The Morgan fingerprint density at radius 1 is 1.06 bits per heavy atom. The van der Waals surface area contributed by atoms with Crippen molar-refractivity contribution in [3.8, 4) is 5.75 Å². The lowest BCUT2D eigenvalue weighted by Gasteiger charge is -2.33. The van der Waals surface area contributed by atoms with E-state index in [1.54, 1.807) is 6.07 Å². The van der Waals surface area contributed by atoms with Gasteiger partial charge in [-0.15, -0.1) is 0 Å². The van der Waals surface area contributed by atoms with Crippen LogP contribution in [0.4, 0.5) is 5.82 Å². The highest BCUT2D eigenvalue weighted by atomic mass is 16.3. The molecule has 2 heterocycles. The highest BCUT2D eigenvalue weighted by Gasteiger charge is 2.41. The van der Waals surface area contributed by atoms with Gasteiger partial charge >= 0.3 is 0 Å². The lowest BCUT2D eigenvalue weighted by Crippen LogP contribution is -2.42. The number of para-hydroxylation sites is 1. The van der Waals surface area contributed by atoms with Gasteiger partial charge in [0.1, 0.15) is 17.1 Å². The Balaban J connectivity index is 1.24. The molecule has 2 N–H and O–H groups in total. The molecule has 31 heavy (non-hydrogen) atoms. The number of amides is 1. The number of carbonyl (C=O) groups excluding carboxylic acids is 1. The summed E-state index contributed by atoms with van der Waals surface area (Å²) < 4.78 is 0. The number of nitrogens with one attached hydrogen (secondary N) is 1. The maximum atomic E-state index is 13.1. The maximum Gasteiger partial charge on any atom is 0.223 e. The van der Waals surface area contributed by atoms with Crippen LogP contribution in [0.25, 0.3) is 10.9 Å². The molecule has 3 unspecified atom stereocenters. The fourth-order valence-electron chi connectivity index (χ4n) is 4.85. The molecule has 1 aliphatic heterocycles. The Morgan fingerprint density at radius 2 is 1.81 bits per heavy atom. The third kappa shape index (κ3) is 4.09. The molecule has 0 spiro atoms. The largest absolute Gasteiger partial charge is 0.506 e. The lowest BCUT2D eigenvalue weighted by atomic mass is 9.94. The van der Waals surface area contributed by atoms with Gasteiger partial charge in [0, 0.05) is 24.4 Å².